The lowest BCUT2D eigenvalue weighted by Gasteiger charge is -2.40. The maximum Gasteiger partial charge on any atom is 0.410 e. The van der Waals surface area contributed by atoms with Gasteiger partial charge in [0.25, 0.3) is 0 Å². The Hall–Kier alpha value is -1.58. The predicted octanol–water partition coefficient (Wildman–Crippen LogP) is 4.47. The molecule has 31 heavy (non-hydrogen) atoms. The SMILES string of the molecule is CN=C(NCCCc1cccc(F)c1)NC1CC2CCC(C1)N2C(=O)OC(C)(C)C.I. The number of benzene rings is 1. The molecule has 2 aliphatic heterocycles. The van der Waals surface area contributed by atoms with Crippen molar-refractivity contribution < 1.29 is 13.9 Å². The van der Waals surface area contributed by atoms with E-state index in [4.69, 9.17) is 4.74 Å². The van der Waals surface area contributed by atoms with E-state index in [2.05, 4.69) is 15.6 Å². The number of guanidine groups is 1. The highest BCUT2D eigenvalue weighted by Gasteiger charge is 2.45. The number of piperidine rings is 1. The molecule has 8 heteroatoms. The van der Waals surface area contributed by atoms with E-state index >= 15 is 0 Å². The lowest BCUT2D eigenvalue weighted by atomic mass is 9.98. The van der Waals surface area contributed by atoms with Crippen molar-refractivity contribution in [3.63, 3.8) is 0 Å². The highest BCUT2D eigenvalue weighted by molar-refractivity contribution is 14.0. The van der Waals surface area contributed by atoms with E-state index < -0.39 is 5.60 Å². The van der Waals surface area contributed by atoms with Crippen molar-refractivity contribution in [1.29, 1.82) is 0 Å². The summed E-state index contributed by atoms with van der Waals surface area (Å²) in [6.45, 7) is 6.49. The van der Waals surface area contributed by atoms with E-state index in [1.165, 1.54) is 6.07 Å². The van der Waals surface area contributed by atoms with Crippen molar-refractivity contribution in [2.75, 3.05) is 13.6 Å². The standard InChI is InChI=1S/C23H35FN4O2.HI/c1-23(2,3)30-22(29)28-19-10-11-20(28)15-18(14-19)27-21(25-4)26-12-6-8-16-7-5-9-17(24)13-16;/h5,7,9,13,18-20H,6,8,10-12,14-15H2,1-4H3,(H2,25,26,27);1H. The fourth-order valence-electron chi connectivity index (χ4n) is 4.49. The highest BCUT2D eigenvalue weighted by Crippen LogP contribution is 2.36. The number of ether oxygens (including phenoxy) is 1. The van der Waals surface area contributed by atoms with Gasteiger partial charge in [-0.15, -0.1) is 24.0 Å². The van der Waals surface area contributed by atoms with E-state index in [-0.39, 0.29) is 54.0 Å². The Labute approximate surface area is 202 Å². The maximum atomic E-state index is 13.3. The molecule has 0 aliphatic carbocycles. The van der Waals surface area contributed by atoms with Gasteiger partial charge in [0.05, 0.1) is 0 Å². The van der Waals surface area contributed by atoms with Crippen LogP contribution in [0.25, 0.3) is 0 Å². The summed E-state index contributed by atoms with van der Waals surface area (Å²) in [5.74, 6) is 0.592. The summed E-state index contributed by atoms with van der Waals surface area (Å²) < 4.78 is 18.9. The Morgan fingerprint density at radius 2 is 1.94 bits per heavy atom. The van der Waals surface area contributed by atoms with E-state index in [9.17, 15) is 9.18 Å². The van der Waals surface area contributed by atoms with E-state index in [1.807, 2.05) is 31.7 Å². The summed E-state index contributed by atoms with van der Waals surface area (Å²) >= 11 is 0. The third-order valence-electron chi connectivity index (χ3n) is 5.73. The first kappa shape index (κ1) is 25.7. The first-order valence-corrected chi connectivity index (χ1v) is 11.0. The molecule has 1 aromatic carbocycles. The Morgan fingerprint density at radius 1 is 1.26 bits per heavy atom. The van der Waals surface area contributed by atoms with Gasteiger partial charge >= 0.3 is 6.09 Å². The lowest BCUT2D eigenvalue weighted by molar-refractivity contribution is 0.00545. The van der Waals surface area contributed by atoms with Gasteiger partial charge < -0.3 is 20.3 Å². The fourth-order valence-corrected chi connectivity index (χ4v) is 4.49. The number of nitrogens with one attached hydrogen (secondary N) is 2. The second-order valence-corrected chi connectivity index (χ2v) is 9.32. The summed E-state index contributed by atoms with van der Waals surface area (Å²) in [5, 5.41) is 6.88. The first-order valence-electron chi connectivity index (χ1n) is 11.0. The van der Waals surface area contributed by atoms with Crippen LogP contribution in [0.4, 0.5) is 9.18 Å². The molecular formula is C23H36FIN4O2. The average molecular weight is 546 g/mol. The molecule has 2 bridgehead atoms. The topological polar surface area (TPSA) is 66.0 Å². The van der Waals surface area contributed by atoms with Gasteiger partial charge in [0, 0.05) is 31.7 Å². The maximum absolute atomic E-state index is 13.3. The number of halogens is 2. The van der Waals surface area contributed by atoms with Crippen LogP contribution in [0, 0.1) is 5.82 Å². The number of aliphatic imine (C=N–C) groups is 1. The molecule has 0 radical (unpaired) electrons. The number of carbonyl (C=O) groups excluding carboxylic acids is 1. The summed E-state index contributed by atoms with van der Waals surface area (Å²) in [4.78, 5) is 18.9. The summed E-state index contributed by atoms with van der Waals surface area (Å²) in [7, 11) is 1.77. The van der Waals surface area contributed by atoms with Gasteiger partial charge in [-0.25, -0.2) is 9.18 Å². The molecule has 174 valence electrons. The van der Waals surface area contributed by atoms with Crippen LogP contribution in [0.5, 0.6) is 0 Å². The number of carbonyl (C=O) groups is 1. The second-order valence-electron chi connectivity index (χ2n) is 9.32. The predicted molar refractivity (Wildman–Crippen MR) is 133 cm³/mol. The van der Waals surface area contributed by atoms with Crippen molar-refractivity contribution in [2.24, 2.45) is 4.99 Å². The van der Waals surface area contributed by atoms with Crippen LogP contribution in [-0.2, 0) is 11.2 Å². The molecule has 6 nitrogen and oxygen atoms in total. The summed E-state index contributed by atoms with van der Waals surface area (Å²) in [6.07, 6.45) is 5.39. The number of amides is 1. The molecule has 3 rings (SSSR count). The van der Waals surface area contributed by atoms with E-state index in [0.717, 1.165) is 56.6 Å². The molecular weight excluding hydrogens is 510 g/mol. The van der Waals surface area contributed by atoms with Crippen molar-refractivity contribution in [3.8, 4) is 0 Å². The monoisotopic (exact) mass is 546 g/mol. The third-order valence-corrected chi connectivity index (χ3v) is 5.73. The van der Waals surface area contributed by atoms with Gasteiger partial charge in [0.2, 0.25) is 0 Å². The van der Waals surface area contributed by atoms with Crippen LogP contribution in [-0.4, -0.2) is 54.3 Å². The molecule has 2 saturated heterocycles. The number of fused-ring (bicyclic) bond motifs is 2. The van der Waals surface area contributed by atoms with Gasteiger partial charge in [-0.2, -0.15) is 0 Å². The van der Waals surface area contributed by atoms with Crippen molar-refractivity contribution in [1.82, 2.24) is 15.5 Å². The first-order chi connectivity index (χ1) is 14.2. The van der Waals surface area contributed by atoms with Crippen LogP contribution >= 0.6 is 24.0 Å². The zero-order valence-corrected chi connectivity index (χ0v) is 21.3. The average Bonchev–Trinajstić information content (AvgIpc) is 2.94. The molecule has 2 atom stereocenters. The van der Waals surface area contributed by atoms with Crippen LogP contribution in [0.3, 0.4) is 0 Å². The van der Waals surface area contributed by atoms with E-state index in [0.29, 0.717) is 0 Å². The van der Waals surface area contributed by atoms with Crippen LogP contribution in [0.2, 0.25) is 0 Å². The van der Waals surface area contributed by atoms with Gasteiger partial charge in [-0.3, -0.25) is 4.99 Å². The fraction of sp³-hybridized carbons (Fsp3) is 0.652. The Kier molecular flexibility index (Phi) is 9.39. The van der Waals surface area contributed by atoms with Gasteiger partial charge in [0.1, 0.15) is 11.4 Å². The number of aryl methyl sites for hydroxylation is 1. The van der Waals surface area contributed by atoms with E-state index in [1.54, 1.807) is 19.2 Å². The lowest BCUT2D eigenvalue weighted by Crippen LogP contribution is -2.55. The largest absolute Gasteiger partial charge is 0.444 e. The van der Waals surface area contributed by atoms with Crippen molar-refractivity contribution in [2.45, 2.75) is 83.0 Å². The Bertz CT molecular complexity index is 754. The van der Waals surface area contributed by atoms with Gasteiger partial charge in [-0.05, 0) is 77.0 Å². The second kappa shape index (κ2) is 11.3. The normalized spacial score (nSPS) is 23.2. The minimum atomic E-state index is -0.469. The van der Waals surface area contributed by atoms with Crippen molar-refractivity contribution >= 4 is 36.0 Å². The number of rotatable bonds is 5. The number of nitrogens with zero attached hydrogens (tertiary/aromatic N) is 2. The smallest absolute Gasteiger partial charge is 0.410 e. The molecule has 1 aromatic rings. The zero-order valence-electron chi connectivity index (χ0n) is 19.0. The molecule has 2 aliphatic rings. The minimum Gasteiger partial charge on any atom is -0.444 e. The number of hydrogen-bond donors (Lipinski definition) is 2. The molecule has 2 N–H and O–H groups in total. The van der Waals surface area contributed by atoms with Crippen LogP contribution < -0.4 is 10.6 Å². The van der Waals surface area contributed by atoms with Crippen LogP contribution in [0.15, 0.2) is 29.3 Å². The molecule has 0 aromatic heterocycles. The number of hydrogen-bond acceptors (Lipinski definition) is 3. The summed E-state index contributed by atoms with van der Waals surface area (Å²) in [6, 6.07) is 7.48. The van der Waals surface area contributed by atoms with Gasteiger partial charge in [-0.1, -0.05) is 12.1 Å². The Morgan fingerprint density at radius 3 is 2.52 bits per heavy atom. The third kappa shape index (κ3) is 7.50. The highest BCUT2D eigenvalue weighted by atomic mass is 127. The minimum absolute atomic E-state index is 0. The molecule has 0 saturated carbocycles. The summed E-state index contributed by atoms with van der Waals surface area (Å²) in [5.41, 5.74) is 0.536. The quantitative estimate of drug-likeness (QED) is 0.248. The molecule has 1 amide bonds. The zero-order chi connectivity index (χ0) is 21.7. The Balaban J connectivity index is 0.00000341. The molecule has 2 fully saturated rings. The molecule has 2 heterocycles. The van der Waals surface area contributed by atoms with Crippen LogP contribution in [0.1, 0.15) is 58.4 Å². The molecule has 2 unspecified atom stereocenters. The molecule has 0 spiro atoms. The van der Waals surface area contributed by atoms with Crippen molar-refractivity contribution in [3.05, 3.63) is 35.6 Å². The van der Waals surface area contributed by atoms with Gasteiger partial charge in [0.15, 0.2) is 5.96 Å².